The highest BCUT2D eigenvalue weighted by atomic mass is 35.5. The second-order valence-corrected chi connectivity index (χ2v) is 6.96. The van der Waals surface area contributed by atoms with Gasteiger partial charge < -0.3 is 5.32 Å². The average molecular weight is 353 g/mol. The molecule has 23 heavy (non-hydrogen) atoms. The molecule has 0 fully saturated rings. The summed E-state index contributed by atoms with van der Waals surface area (Å²) in [4.78, 5) is 12.1. The summed E-state index contributed by atoms with van der Waals surface area (Å²) in [5, 5.41) is 2.91. The molecule has 2 rings (SSSR count). The number of carbonyl (C=O) groups excluding carboxylic acids is 1. The van der Waals surface area contributed by atoms with Crippen LogP contribution in [0.25, 0.3) is 0 Å². The van der Waals surface area contributed by atoms with Gasteiger partial charge in [-0.2, -0.15) is 0 Å². The van der Waals surface area contributed by atoms with Gasteiger partial charge in [0.25, 0.3) is 15.9 Å². The Labute approximate surface area is 140 Å². The second-order valence-electron chi connectivity index (χ2n) is 4.87. The van der Waals surface area contributed by atoms with Crippen molar-refractivity contribution in [1.82, 2.24) is 5.32 Å². The molecule has 0 spiro atoms. The molecule has 0 aliphatic carbocycles. The SMILES string of the molecule is CCCNC(=O)c1ccc(NS(=O)(=O)c2ccccc2)cc1Cl. The van der Waals surface area contributed by atoms with E-state index >= 15 is 0 Å². The van der Waals surface area contributed by atoms with Crippen LogP contribution in [0.4, 0.5) is 5.69 Å². The van der Waals surface area contributed by atoms with E-state index in [1.165, 1.54) is 30.3 Å². The predicted molar refractivity (Wildman–Crippen MR) is 91.3 cm³/mol. The summed E-state index contributed by atoms with van der Waals surface area (Å²) in [5.74, 6) is -0.283. The van der Waals surface area contributed by atoms with E-state index in [1.54, 1.807) is 18.2 Å². The van der Waals surface area contributed by atoms with Gasteiger partial charge in [0, 0.05) is 6.54 Å². The van der Waals surface area contributed by atoms with Crippen molar-refractivity contribution in [1.29, 1.82) is 0 Å². The first-order valence-corrected chi connectivity index (χ1v) is 8.96. The summed E-state index contributed by atoms with van der Waals surface area (Å²) in [6.45, 7) is 2.50. The third-order valence-electron chi connectivity index (χ3n) is 3.05. The van der Waals surface area contributed by atoms with E-state index in [9.17, 15) is 13.2 Å². The molecule has 1 amide bonds. The fourth-order valence-electron chi connectivity index (χ4n) is 1.91. The number of nitrogens with one attached hydrogen (secondary N) is 2. The predicted octanol–water partition coefficient (Wildman–Crippen LogP) is 3.28. The molecule has 0 aliphatic rings. The van der Waals surface area contributed by atoms with E-state index < -0.39 is 10.0 Å². The van der Waals surface area contributed by atoms with E-state index in [2.05, 4.69) is 10.0 Å². The lowest BCUT2D eigenvalue weighted by molar-refractivity contribution is 0.0954. The molecule has 0 saturated carbocycles. The molecule has 7 heteroatoms. The van der Waals surface area contributed by atoms with E-state index in [1.807, 2.05) is 6.92 Å². The molecule has 0 bridgehead atoms. The van der Waals surface area contributed by atoms with Crippen LogP contribution in [0, 0.1) is 0 Å². The van der Waals surface area contributed by atoms with Crippen LogP contribution in [0.5, 0.6) is 0 Å². The topological polar surface area (TPSA) is 75.3 Å². The minimum Gasteiger partial charge on any atom is -0.352 e. The minimum absolute atomic E-state index is 0.154. The summed E-state index contributed by atoms with van der Waals surface area (Å²) < 4.78 is 26.9. The Morgan fingerprint density at radius 3 is 2.43 bits per heavy atom. The van der Waals surface area contributed by atoms with Gasteiger partial charge in [-0.15, -0.1) is 0 Å². The van der Waals surface area contributed by atoms with E-state index in [-0.39, 0.29) is 15.8 Å². The number of halogens is 1. The van der Waals surface area contributed by atoms with Gasteiger partial charge in [-0.05, 0) is 36.8 Å². The number of sulfonamides is 1. The number of hydrogen-bond acceptors (Lipinski definition) is 3. The van der Waals surface area contributed by atoms with Crippen LogP contribution >= 0.6 is 11.6 Å². The van der Waals surface area contributed by atoms with Crippen LogP contribution in [0.15, 0.2) is 53.4 Å². The monoisotopic (exact) mass is 352 g/mol. The lowest BCUT2D eigenvalue weighted by Gasteiger charge is -2.10. The summed E-state index contributed by atoms with van der Waals surface area (Å²) >= 11 is 6.08. The zero-order valence-electron chi connectivity index (χ0n) is 12.5. The van der Waals surface area contributed by atoms with Crippen LogP contribution in [-0.2, 0) is 10.0 Å². The maximum Gasteiger partial charge on any atom is 0.261 e. The molecule has 0 aromatic heterocycles. The van der Waals surface area contributed by atoms with Crippen LogP contribution in [0.2, 0.25) is 5.02 Å². The fraction of sp³-hybridized carbons (Fsp3) is 0.188. The molecular formula is C16H17ClN2O3S. The lowest BCUT2D eigenvalue weighted by atomic mass is 10.2. The molecule has 2 aromatic rings. The standard InChI is InChI=1S/C16H17ClN2O3S/c1-2-10-18-16(20)14-9-8-12(11-15(14)17)19-23(21,22)13-6-4-3-5-7-13/h3-9,11,19H,2,10H2,1H3,(H,18,20). The maximum absolute atomic E-state index is 12.2. The highest BCUT2D eigenvalue weighted by Gasteiger charge is 2.15. The second kappa shape index (κ2) is 7.48. The first-order valence-electron chi connectivity index (χ1n) is 7.09. The molecular weight excluding hydrogens is 336 g/mol. The fourth-order valence-corrected chi connectivity index (χ4v) is 3.25. The Hall–Kier alpha value is -2.05. The van der Waals surface area contributed by atoms with E-state index in [0.717, 1.165) is 6.42 Å². The largest absolute Gasteiger partial charge is 0.352 e. The van der Waals surface area contributed by atoms with E-state index in [0.29, 0.717) is 17.8 Å². The summed E-state index contributed by atoms with van der Waals surface area (Å²) in [6.07, 6.45) is 0.818. The average Bonchev–Trinajstić information content (AvgIpc) is 2.53. The molecule has 0 saturated heterocycles. The Balaban J connectivity index is 2.19. The Morgan fingerprint density at radius 1 is 1.13 bits per heavy atom. The first kappa shape index (κ1) is 17.3. The van der Waals surface area contributed by atoms with Gasteiger partial charge in [0.1, 0.15) is 0 Å². The smallest absolute Gasteiger partial charge is 0.261 e. The Bertz CT molecular complexity index is 792. The van der Waals surface area contributed by atoms with Crippen molar-refractivity contribution in [3.63, 3.8) is 0 Å². The van der Waals surface area contributed by atoms with Crippen LogP contribution in [-0.4, -0.2) is 20.9 Å². The van der Waals surface area contributed by atoms with Gasteiger partial charge >= 0.3 is 0 Å². The zero-order chi connectivity index (χ0) is 16.9. The van der Waals surface area contributed by atoms with Crippen molar-refractivity contribution in [2.75, 3.05) is 11.3 Å². The highest BCUT2D eigenvalue weighted by molar-refractivity contribution is 7.92. The van der Waals surface area contributed by atoms with Crippen molar-refractivity contribution in [3.05, 3.63) is 59.1 Å². The van der Waals surface area contributed by atoms with Gasteiger partial charge in [-0.25, -0.2) is 8.42 Å². The summed E-state index contributed by atoms with van der Waals surface area (Å²) in [6, 6.07) is 12.4. The van der Waals surface area contributed by atoms with E-state index in [4.69, 9.17) is 11.6 Å². The molecule has 0 heterocycles. The molecule has 2 aromatic carbocycles. The number of carbonyl (C=O) groups is 1. The maximum atomic E-state index is 12.2. The van der Waals surface area contributed by atoms with Crippen LogP contribution < -0.4 is 10.0 Å². The Morgan fingerprint density at radius 2 is 1.83 bits per heavy atom. The van der Waals surface area contributed by atoms with Crippen LogP contribution in [0.3, 0.4) is 0 Å². The van der Waals surface area contributed by atoms with Crippen molar-refractivity contribution in [3.8, 4) is 0 Å². The molecule has 0 unspecified atom stereocenters. The van der Waals surface area contributed by atoms with Crippen LogP contribution in [0.1, 0.15) is 23.7 Å². The molecule has 0 radical (unpaired) electrons. The van der Waals surface area contributed by atoms with Gasteiger partial charge in [0.2, 0.25) is 0 Å². The highest BCUT2D eigenvalue weighted by Crippen LogP contribution is 2.23. The van der Waals surface area contributed by atoms with Crippen molar-refractivity contribution in [2.45, 2.75) is 18.2 Å². The molecule has 2 N–H and O–H groups in total. The van der Waals surface area contributed by atoms with Gasteiger partial charge in [-0.1, -0.05) is 36.7 Å². The van der Waals surface area contributed by atoms with Gasteiger partial charge in [0.05, 0.1) is 21.2 Å². The summed E-state index contributed by atoms with van der Waals surface area (Å²) in [5.41, 5.74) is 0.605. The number of amides is 1. The van der Waals surface area contributed by atoms with Gasteiger partial charge in [-0.3, -0.25) is 9.52 Å². The number of anilines is 1. The van der Waals surface area contributed by atoms with Gasteiger partial charge in [0.15, 0.2) is 0 Å². The number of hydrogen-bond donors (Lipinski definition) is 2. The number of rotatable bonds is 6. The quantitative estimate of drug-likeness (QED) is 0.837. The number of benzene rings is 2. The molecule has 5 nitrogen and oxygen atoms in total. The Kier molecular flexibility index (Phi) is 5.63. The first-order chi connectivity index (χ1) is 10.9. The minimum atomic E-state index is -3.69. The third-order valence-corrected chi connectivity index (χ3v) is 4.76. The third kappa shape index (κ3) is 4.46. The zero-order valence-corrected chi connectivity index (χ0v) is 14.1. The molecule has 0 atom stereocenters. The molecule has 122 valence electrons. The van der Waals surface area contributed by atoms with Crippen molar-refractivity contribution in [2.24, 2.45) is 0 Å². The lowest BCUT2D eigenvalue weighted by Crippen LogP contribution is -2.24. The van der Waals surface area contributed by atoms with Crippen molar-refractivity contribution >= 4 is 33.2 Å². The van der Waals surface area contributed by atoms with Crippen molar-refractivity contribution < 1.29 is 13.2 Å². The summed E-state index contributed by atoms with van der Waals surface area (Å²) in [7, 11) is -3.69. The normalized spacial score (nSPS) is 11.0. The molecule has 0 aliphatic heterocycles.